The van der Waals surface area contributed by atoms with Crippen LogP contribution in [0.3, 0.4) is 0 Å². The van der Waals surface area contributed by atoms with Gasteiger partial charge in [0.2, 0.25) is 11.8 Å². The molecule has 0 radical (unpaired) electrons. The van der Waals surface area contributed by atoms with Gasteiger partial charge in [-0.1, -0.05) is 23.7 Å². The number of aromatic nitrogens is 1. The molecular weight excluding hydrogens is 420 g/mol. The van der Waals surface area contributed by atoms with E-state index in [1.165, 1.54) is 49.4 Å². The van der Waals surface area contributed by atoms with Crippen LogP contribution in [0.15, 0.2) is 53.9 Å². The van der Waals surface area contributed by atoms with Crippen LogP contribution < -0.4 is 10.2 Å². The first-order valence-electron chi connectivity index (χ1n) is 8.30. The van der Waals surface area contributed by atoms with Gasteiger partial charge < -0.3 is 5.32 Å². The standard InChI is InChI=1S/C20H14ClF2N3O2S/c1-12(27)26(18-5-3-2-4-16(18)22)20-25-14(11-29-20)7-9-19(28)24-13-6-8-15(21)17(23)10-13/h2-11H,1H3,(H,24,28)/b9-7+. The lowest BCUT2D eigenvalue weighted by atomic mass is 10.3. The average Bonchev–Trinajstić information content (AvgIpc) is 3.13. The number of carbonyl (C=O) groups is 2. The molecule has 3 aromatic rings. The van der Waals surface area contributed by atoms with Gasteiger partial charge in [-0.15, -0.1) is 11.3 Å². The van der Waals surface area contributed by atoms with E-state index in [0.717, 1.165) is 22.3 Å². The van der Waals surface area contributed by atoms with Crippen molar-refractivity contribution >= 4 is 57.3 Å². The lowest BCUT2D eigenvalue weighted by Gasteiger charge is -2.18. The van der Waals surface area contributed by atoms with Crippen LogP contribution in [0.1, 0.15) is 12.6 Å². The van der Waals surface area contributed by atoms with E-state index in [-0.39, 0.29) is 21.5 Å². The van der Waals surface area contributed by atoms with E-state index in [1.807, 2.05) is 0 Å². The minimum Gasteiger partial charge on any atom is -0.322 e. The van der Waals surface area contributed by atoms with Crippen LogP contribution in [0, 0.1) is 11.6 Å². The van der Waals surface area contributed by atoms with E-state index >= 15 is 0 Å². The molecular formula is C20H14ClF2N3O2S. The molecule has 5 nitrogen and oxygen atoms in total. The zero-order valence-corrected chi connectivity index (χ0v) is 16.6. The highest BCUT2D eigenvalue weighted by molar-refractivity contribution is 7.14. The fourth-order valence-corrected chi connectivity index (χ4v) is 3.38. The third-order valence-corrected chi connectivity index (χ3v) is 4.85. The molecule has 0 aliphatic carbocycles. The fourth-order valence-electron chi connectivity index (χ4n) is 2.41. The first-order chi connectivity index (χ1) is 13.8. The van der Waals surface area contributed by atoms with E-state index in [0.29, 0.717) is 5.69 Å². The molecule has 148 valence electrons. The molecule has 1 heterocycles. The van der Waals surface area contributed by atoms with E-state index in [1.54, 1.807) is 11.4 Å². The van der Waals surface area contributed by atoms with Gasteiger partial charge in [0.05, 0.1) is 16.4 Å². The van der Waals surface area contributed by atoms with Crippen molar-refractivity contribution in [3.63, 3.8) is 0 Å². The molecule has 0 saturated heterocycles. The van der Waals surface area contributed by atoms with Crippen molar-refractivity contribution < 1.29 is 18.4 Å². The largest absolute Gasteiger partial charge is 0.322 e. The van der Waals surface area contributed by atoms with Gasteiger partial charge >= 0.3 is 0 Å². The molecule has 0 spiro atoms. The van der Waals surface area contributed by atoms with E-state index in [2.05, 4.69) is 10.3 Å². The molecule has 0 unspecified atom stereocenters. The maximum Gasteiger partial charge on any atom is 0.248 e. The van der Waals surface area contributed by atoms with Crippen molar-refractivity contribution in [3.8, 4) is 0 Å². The number of thiazole rings is 1. The molecule has 0 bridgehead atoms. The summed E-state index contributed by atoms with van der Waals surface area (Å²) in [5.74, 6) is -2.10. The normalized spacial score (nSPS) is 10.9. The molecule has 2 aromatic carbocycles. The molecule has 2 amide bonds. The summed E-state index contributed by atoms with van der Waals surface area (Å²) in [5.41, 5.74) is 0.750. The minimum atomic E-state index is -0.643. The molecule has 0 aliphatic heterocycles. The Hall–Kier alpha value is -3.10. The van der Waals surface area contributed by atoms with Crippen molar-refractivity contribution in [2.45, 2.75) is 6.92 Å². The summed E-state index contributed by atoms with van der Waals surface area (Å²) in [6, 6.07) is 9.79. The Labute approximate surface area is 174 Å². The fraction of sp³-hybridized carbons (Fsp3) is 0.0500. The summed E-state index contributed by atoms with van der Waals surface area (Å²) in [7, 11) is 0. The smallest absolute Gasteiger partial charge is 0.248 e. The number of amides is 2. The number of benzene rings is 2. The van der Waals surface area contributed by atoms with Crippen molar-refractivity contribution in [2.24, 2.45) is 0 Å². The topological polar surface area (TPSA) is 62.3 Å². The molecule has 1 N–H and O–H groups in total. The summed E-state index contributed by atoms with van der Waals surface area (Å²) >= 11 is 6.73. The lowest BCUT2D eigenvalue weighted by molar-refractivity contribution is -0.116. The molecule has 29 heavy (non-hydrogen) atoms. The Bertz CT molecular complexity index is 1100. The van der Waals surface area contributed by atoms with E-state index < -0.39 is 23.4 Å². The number of hydrogen-bond acceptors (Lipinski definition) is 4. The summed E-state index contributed by atoms with van der Waals surface area (Å²) < 4.78 is 27.5. The Morgan fingerprint density at radius 2 is 1.93 bits per heavy atom. The van der Waals surface area contributed by atoms with Crippen LogP contribution in [-0.4, -0.2) is 16.8 Å². The summed E-state index contributed by atoms with van der Waals surface area (Å²) in [4.78, 5) is 29.5. The van der Waals surface area contributed by atoms with Gasteiger partial charge in [0.1, 0.15) is 11.6 Å². The second-order valence-electron chi connectivity index (χ2n) is 5.81. The molecule has 0 saturated carbocycles. The van der Waals surface area contributed by atoms with Gasteiger partial charge in [-0.3, -0.25) is 14.5 Å². The van der Waals surface area contributed by atoms with Crippen LogP contribution in [0.25, 0.3) is 6.08 Å². The maximum absolute atomic E-state index is 14.1. The van der Waals surface area contributed by atoms with Gasteiger partial charge in [0.15, 0.2) is 5.13 Å². The van der Waals surface area contributed by atoms with E-state index in [4.69, 9.17) is 11.6 Å². The second-order valence-corrected chi connectivity index (χ2v) is 7.06. The van der Waals surface area contributed by atoms with Crippen molar-refractivity contribution in [3.05, 3.63) is 76.3 Å². The number of rotatable bonds is 5. The monoisotopic (exact) mass is 433 g/mol. The Kier molecular flexibility index (Phi) is 6.36. The minimum absolute atomic E-state index is 0.0431. The molecule has 3 rings (SSSR count). The first-order valence-corrected chi connectivity index (χ1v) is 9.56. The second kappa shape index (κ2) is 8.93. The predicted molar refractivity (Wildman–Crippen MR) is 110 cm³/mol. The van der Waals surface area contributed by atoms with Gasteiger partial charge in [0.25, 0.3) is 0 Å². The van der Waals surface area contributed by atoms with Crippen LogP contribution >= 0.6 is 22.9 Å². The quantitative estimate of drug-likeness (QED) is 0.547. The zero-order chi connectivity index (χ0) is 21.0. The van der Waals surface area contributed by atoms with Crippen LogP contribution in [0.2, 0.25) is 5.02 Å². The average molecular weight is 434 g/mol. The number of para-hydroxylation sites is 1. The SMILES string of the molecule is CC(=O)N(c1nc(/C=C/C(=O)Nc2ccc(Cl)c(F)c2)cs1)c1ccccc1F. The zero-order valence-electron chi connectivity index (χ0n) is 15.0. The molecule has 1 aromatic heterocycles. The van der Waals surface area contributed by atoms with Crippen molar-refractivity contribution in [1.29, 1.82) is 0 Å². The molecule has 0 aliphatic rings. The Morgan fingerprint density at radius 1 is 1.17 bits per heavy atom. The van der Waals surface area contributed by atoms with Gasteiger partial charge in [0, 0.05) is 24.1 Å². The molecule has 0 fully saturated rings. The summed E-state index contributed by atoms with van der Waals surface area (Å²) in [5, 5.41) is 4.34. The number of halogens is 3. The highest BCUT2D eigenvalue weighted by Gasteiger charge is 2.20. The number of hydrogen-bond donors (Lipinski definition) is 1. The van der Waals surface area contributed by atoms with Crippen LogP contribution in [0.5, 0.6) is 0 Å². The number of anilines is 3. The predicted octanol–water partition coefficient (Wildman–Crippen LogP) is 5.41. The van der Waals surface area contributed by atoms with Crippen LogP contribution in [-0.2, 0) is 9.59 Å². The van der Waals surface area contributed by atoms with Crippen molar-refractivity contribution in [2.75, 3.05) is 10.2 Å². The maximum atomic E-state index is 14.1. The lowest BCUT2D eigenvalue weighted by Crippen LogP contribution is -2.23. The Balaban J connectivity index is 1.74. The number of nitrogens with one attached hydrogen (secondary N) is 1. The van der Waals surface area contributed by atoms with Gasteiger partial charge in [-0.25, -0.2) is 13.8 Å². The summed E-state index contributed by atoms with van der Waals surface area (Å²) in [6.07, 6.45) is 2.65. The van der Waals surface area contributed by atoms with Gasteiger partial charge in [-0.05, 0) is 36.4 Å². The highest BCUT2D eigenvalue weighted by atomic mass is 35.5. The van der Waals surface area contributed by atoms with Crippen LogP contribution in [0.4, 0.5) is 25.3 Å². The third-order valence-electron chi connectivity index (χ3n) is 3.70. The molecule has 0 atom stereocenters. The summed E-state index contributed by atoms with van der Waals surface area (Å²) in [6.45, 7) is 1.31. The first kappa shape index (κ1) is 20.6. The molecule has 9 heteroatoms. The van der Waals surface area contributed by atoms with Gasteiger partial charge in [-0.2, -0.15) is 0 Å². The number of carbonyl (C=O) groups excluding carboxylic acids is 2. The number of nitrogens with zero attached hydrogens (tertiary/aromatic N) is 2. The Morgan fingerprint density at radius 3 is 2.62 bits per heavy atom. The third kappa shape index (κ3) is 5.04. The van der Waals surface area contributed by atoms with E-state index in [9.17, 15) is 18.4 Å². The van der Waals surface area contributed by atoms with Crippen molar-refractivity contribution in [1.82, 2.24) is 4.98 Å². The highest BCUT2D eigenvalue weighted by Crippen LogP contribution is 2.31.